The lowest BCUT2D eigenvalue weighted by molar-refractivity contribution is 0.629. The number of benzene rings is 1. The molecule has 3 rings (SSSR count). The van der Waals surface area contributed by atoms with E-state index in [4.69, 9.17) is 0 Å². The molecule has 0 radical (unpaired) electrons. The molecule has 0 aliphatic heterocycles. The molecule has 1 saturated carbocycles. The molecule has 3 N–H and O–H groups in total. The van der Waals surface area contributed by atoms with E-state index in [1.807, 2.05) is 6.20 Å². The Morgan fingerprint density at radius 1 is 1.45 bits per heavy atom. The Hall–Kier alpha value is -1.31. The Morgan fingerprint density at radius 2 is 2.23 bits per heavy atom. The zero-order valence-corrected chi connectivity index (χ0v) is 15.1. The van der Waals surface area contributed by atoms with Crippen LogP contribution in [0.5, 0.6) is 0 Å². The summed E-state index contributed by atoms with van der Waals surface area (Å²) in [5, 5.41) is 7.65. The van der Waals surface area contributed by atoms with E-state index >= 15 is 0 Å². The van der Waals surface area contributed by atoms with E-state index in [1.54, 1.807) is 19.2 Å². The number of hydrogen-bond donors (Lipinski definition) is 3. The maximum Gasteiger partial charge on any atom is 0.191 e. The third-order valence-electron chi connectivity index (χ3n) is 4.07. The Labute approximate surface area is 147 Å². The first-order valence-corrected chi connectivity index (χ1v) is 7.40. The van der Waals surface area contributed by atoms with Crippen LogP contribution < -0.4 is 10.6 Å². The topological polar surface area (TPSA) is 52.2 Å². The molecule has 1 heterocycles. The average Bonchev–Trinajstić information content (AvgIpc) is 3.02. The maximum absolute atomic E-state index is 13.3. The molecule has 1 aromatic heterocycles. The zero-order chi connectivity index (χ0) is 14.8. The smallest absolute Gasteiger partial charge is 0.191 e. The van der Waals surface area contributed by atoms with Crippen molar-refractivity contribution >= 4 is 40.8 Å². The van der Waals surface area contributed by atoms with Crippen LogP contribution in [0.15, 0.2) is 29.4 Å². The third kappa shape index (κ3) is 3.91. The highest BCUT2D eigenvalue weighted by molar-refractivity contribution is 14.0. The van der Waals surface area contributed by atoms with Crippen LogP contribution in [0, 0.1) is 11.7 Å². The van der Waals surface area contributed by atoms with Gasteiger partial charge in [-0.3, -0.25) is 4.99 Å². The first-order valence-electron chi connectivity index (χ1n) is 7.40. The normalized spacial score (nSPS) is 20.6. The SMILES string of the molecule is CN=C(NCCc1c[nH]c2ccc(F)cc12)NC1CC1C.I. The number of aliphatic imine (C=N–C) groups is 1. The minimum Gasteiger partial charge on any atom is -0.361 e. The molecule has 1 aromatic carbocycles. The molecule has 2 unspecified atom stereocenters. The fourth-order valence-electron chi connectivity index (χ4n) is 2.57. The van der Waals surface area contributed by atoms with Gasteiger partial charge < -0.3 is 15.6 Å². The number of fused-ring (bicyclic) bond motifs is 1. The summed E-state index contributed by atoms with van der Waals surface area (Å²) in [5.74, 6) is 1.38. The van der Waals surface area contributed by atoms with Crippen molar-refractivity contribution in [2.24, 2.45) is 10.9 Å². The molecule has 0 spiro atoms. The molecule has 0 bridgehead atoms. The van der Waals surface area contributed by atoms with Crippen molar-refractivity contribution in [2.45, 2.75) is 25.8 Å². The summed E-state index contributed by atoms with van der Waals surface area (Å²) in [6, 6.07) is 5.39. The second-order valence-corrected chi connectivity index (χ2v) is 5.72. The maximum atomic E-state index is 13.3. The highest BCUT2D eigenvalue weighted by Gasteiger charge is 2.33. The summed E-state index contributed by atoms with van der Waals surface area (Å²) in [4.78, 5) is 7.40. The summed E-state index contributed by atoms with van der Waals surface area (Å²) in [7, 11) is 1.78. The molecule has 1 aliphatic carbocycles. The number of halogens is 2. The summed E-state index contributed by atoms with van der Waals surface area (Å²) in [5.41, 5.74) is 2.09. The van der Waals surface area contributed by atoms with Gasteiger partial charge >= 0.3 is 0 Å². The van der Waals surface area contributed by atoms with E-state index in [-0.39, 0.29) is 29.8 Å². The van der Waals surface area contributed by atoms with Crippen molar-refractivity contribution in [1.82, 2.24) is 15.6 Å². The molecule has 22 heavy (non-hydrogen) atoms. The largest absolute Gasteiger partial charge is 0.361 e. The van der Waals surface area contributed by atoms with Crippen LogP contribution in [-0.4, -0.2) is 30.6 Å². The highest BCUT2D eigenvalue weighted by atomic mass is 127. The summed E-state index contributed by atoms with van der Waals surface area (Å²) < 4.78 is 13.3. The first kappa shape index (κ1) is 17.1. The molecule has 4 nitrogen and oxygen atoms in total. The van der Waals surface area contributed by atoms with E-state index in [0.717, 1.165) is 41.3 Å². The lowest BCUT2D eigenvalue weighted by Gasteiger charge is -2.11. The Balaban J connectivity index is 0.00000176. The fraction of sp³-hybridized carbons (Fsp3) is 0.438. The molecule has 0 amide bonds. The van der Waals surface area contributed by atoms with Crippen molar-refractivity contribution in [3.8, 4) is 0 Å². The van der Waals surface area contributed by atoms with Gasteiger partial charge in [0.25, 0.3) is 0 Å². The number of hydrogen-bond acceptors (Lipinski definition) is 1. The average molecular weight is 416 g/mol. The Morgan fingerprint density at radius 3 is 2.91 bits per heavy atom. The van der Waals surface area contributed by atoms with Crippen molar-refractivity contribution in [3.05, 3.63) is 35.8 Å². The quantitative estimate of drug-likeness (QED) is 0.408. The number of aromatic amines is 1. The fourth-order valence-corrected chi connectivity index (χ4v) is 2.57. The lowest BCUT2D eigenvalue weighted by Crippen LogP contribution is -2.39. The minimum absolute atomic E-state index is 0. The van der Waals surface area contributed by atoms with Crippen LogP contribution >= 0.6 is 24.0 Å². The first-order chi connectivity index (χ1) is 10.2. The van der Waals surface area contributed by atoms with Crippen LogP contribution in [0.25, 0.3) is 10.9 Å². The van der Waals surface area contributed by atoms with Gasteiger partial charge in [-0.25, -0.2) is 4.39 Å². The van der Waals surface area contributed by atoms with Crippen LogP contribution in [0.2, 0.25) is 0 Å². The van der Waals surface area contributed by atoms with Crippen molar-refractivity contribution in [2.75, 3.05) is 13.6 Å². The molecule has 120 valence electrons. The number of rotatable bonds is 4. The highest BCUT2D eigenvalue weighted by Crippen LogP contribution is 2.28. The Kier molecular flexibility index (Phi) is 5.66. The monoisotopic (exact) mass is 416 g/mol. The van der Waals surface area contributed by atoms with E-state index in [0.29, 0.717) is 6.04 Å². The Bertz CT molecular complexity index is 667. The number of H-pyrrole nitrogens is 1. The number of aromatic nitrogens is 1. The third-order valence-corrected chi connectivity index (χ3v) is 4.07. The van der Waals surface area contributed by atoms with Crippen molar-refractivity contribution < 1.29 is 4.39 Å². The van der Waals surface area contributed by atoms with Gasteiger partial charge in [-0.05, 0) is 42.5 Å². The van der Waals surface area contributed by atoms with Crippen molar-refractivity contribution in [3.63, 3.8) is 0 Å². The summed E-state index contributed by atoms with van der Waals surface area (Å²) in [6.45, 7) is 3.00. The number of nitrogens with zero attached hydrogens (tertiary/aromatic N) is 1. The van der Waals surface area contributed by atoms with Gasteiger partial charge in [0.05, 0.1) is 0 Å². The number of guanidine groups is 1. The van der Waals surface area contributed by atoms with Gasteiger partial charge in [0.2, 0.25) is 0 Å². The molecular formula is C16H22FIN4. The molecule has 0 saturated heterocycles. The van der Waals surface area contributed by atoms with Crippen LogP contribution in [0.3, 0.4) is 0 Å². The molecular weight excluding hydrogens is 394 g/mol. The van der Waals surface area contributed by atoms with E-state index < -0.39 is 0 Å². The van der Waals surface area contributed by atoms with Gasteiger partial charge in [0, 0.05) is 36.7 Å². The van der Waals surface area contributed by atoms with E-state index in [9.17, 15) is 4.39 Å². The second kappa shape index (κ2) is 7.30. The van der Waals surface area contributed by atoms with Crippen molar-refractivity contribution in [1.29, 1.82) is 0 Å². The zero-order valence-electron chi connectivity index (χ0n) is 12.8. The molecule has 2 atom stereocenters. The molecule has 6 heteroatoms. The van der Waals surface area contributed by atoms with Crippen LogP contribution in [0.1, 0.15) is 18.9 Å². The number of nitrogens with one attached hydrogen (secondary N) is 3. The van der Waals surface area contributed by atoms with E-state index in [2.05, 4.69) is 27.5 Å². The van der Waals surface area contributed by atoms with Gasteiger partial charge in [0.1, 0.15) is 5.82 Å². The predicted octanol–water partition coefficient (Wildman–Crippen LogP) is 3.04. The predicted molar refractivity (Wildman–Crippen MR) is 99.4 cm³/mol. The van der Waals surface area contributed by atoms with Crippen LogP contribution in [0.4, 0.5) is 4.39 Å². The standard InChI is InChI=1S/C16H21FN4.HI/c1-10-7-15(10)21-16(18-2)19-6-5-11-9-20-14-4-3-12(17)8-13(11)14;/h3-4,8-10,15,20H,5-7H2,1-2H3,(H2,18,19,21);1H. The molecule has 1 aliphatic rings. The molecule has 1 fully saturated rings. The summed E-state index contributed by atoms with van der Waals surface area (Å²) in [6.07, 6.45) is 3.98. The minimum atomic E-state index is -0.198. The molecule has 2 aromatic rings. The van der Waals surface area contributed by atoms with Gasteiger partial charge in [-0.1, -0.05) is 6.92 Å². The van der Waals surface area contributed by atoms with Gasteiger partial charge in [0.15, 0.2) is 5.96 Å². The summed E-state index contributed by atoms with van der Waals surface area (Å²) >= 11 is 0. The second-order valence-electron chi connectivity index (χ2n) is 5.72. The van der Waals surface area contributed by atoms with E-state index in [1.165, 1.54) is 12.5 Å². The van der Waals surface area contributed by atoms with Gasteiger partial charge in [-0.2, -0.15) is 0 Å². The van der Waals surface area contributed by atoms with Crippen LogP contribution in [-0.2, 0) is 6.42 Å². The lowest BCUT2D eigenvalue weighted by atomic mass is 10.1. The van der Waals surface area contributed by atoms with Gasteiger partial charge in [-0.15, -0.1) is 24.0 Å².